The summed E-state index contributed by atoms with van der Waals surface area (Å²) in [4.78, 5) is 56.3. The van der Waals surface area contributed by atoms with Crippen molar-refractivity contribution in [2.75, 3.05) is 18.4 Å². The van der Waals surface area contributed by atoms with Crippen LogP contribution in [-0.2, 0) is 25.7 Å². The number of aliphatic carboxylic acids is 1. The fourth-order valence-electron chi connectivity index (χ4n) is 4.22. The fraction of sp³-hybridized carbons (Fsp3) is 0.312. The molecule has 0 spiro atoms. The standard InChI is InChI=1S/C30H39N9O4.C2H4O2/c31-28(32)35-16-6-12-24(26(40)37-23-15-14-21-10-4-5-11-22(21)18-23)38-27(41)25(13-7-17-36-29(33)34)39-30(42)43-19-20-8-2-1-3-9-20;1-2(3)4/h1-5,8-11,14-15,18,24-25H,6-7,12-13,16-17,19H2,(H,37,40)(H,38,41)(H,39,42)(H4,31,32,35)(H4,33,34,36);1H3,(H,3,4)/t24-,25-;/m0./s1. The third kappa shape index (κ3) is 15.6. The Balaban J connectivity index is 0.00000181. The molecule has 0 saturated carbocycles. The number of hydrogen-bond acceptors (Lipinski definition) is 7. The number of carbonyl (C=O) groups excluding carboxylic acids is 3. The van der Waals surface area contributed by atoms with Gasteiger partial charge in [0.25, 0.3) is 5.97 Å². The Morgan fingerprint density at radius 3 is 1.85 bits per heavy atom. The smallest absolute Gasteiger partial charge is 0.408 e. The first-order valence-electron chi connectivity index (χ1n) is 14.8. The molecule has 2 atom stereocenters. The molecule has 3 amide bonds. The maximum atomic E-state index is 13.4. The van der Waals surface area contributed by atoms with E-state index in [1.54, 1.807) is 6.07 Å². The van der Waals surface area contributed by atoms with Gasteiger partial charge in [-0.3, -0.25) is 24.4 Å². The second-order valence-electron chi connectivity index (χ2n) is 10.3. The molecule has 3 aromatic rings. The lowest BCUT2D eigenvalue weighted by atomic mass is 10.1. The van der Waals surface area contributed by atoms with Gasteiger partial charge in [0.15, 0.2) is 11.9 Å². The number of nitrogens with two attached hydrogens (primary N) is 4. The number of carboxylic acid groups (broad SMARTS) is 1. The van der Waals surface area contributed by atoms with Gasteiger partial charge in [0, 0.05) is 25.7 Å². The summed E-state index contributed by atoms with van der Waals surface area (Å²) in [5.41, 5.74) is 23.0. The molecule has 0 saturated heterocycles. The molecule has 0 aliphatic heterocycles. The van der Waals surface area contributed by atoms with Gasteiger partial charge in [-0.15, -0.1) is 0 Å². The lowest BCUT2D eigenvalue weighted by Gasteiger charge is -2.23. The van der Waals surface area contributed by atoms with E-state index in [9.17, 15) is 14.4 Å². The minimum Gasteiger partial charge on any atom is -0.481 e. The van der Waals surface area contributed by atoms with Gasteiger partial charge < -0.3 is 48.7 Å². The Labute approximate surface area is 272 Å². The number of anilines is 1. The molecule has 0 heterocycles. The van der Waals surface area contributed by atoms with Gasteiger partial charge in [-0.05, 0) is 54.2 Å². The Morgan fingerprint density at radius 2 is 1.28 bits per heavy atom. The fourth-order valence-corrected chi connectivity index (χ4v) is 4.22. The summed E-state index contributed by atoms with van der Waals surface area (Å²) in [6.07, 6.45) is 0.441. The summed E-state index contributed by atoms with van der Waals surface area (Å²) in [6, 6.07) is 20.4. The molecule has 252 valence electrons. The van der Waals surface area contributed by atoms with Crippen molar-refractivity contribution in [1.29, 1.82) is 0 Å². The number of nitrogens with zero attached hydrogens (tertiary/aromatic N) is 2. The zero-order valence-electron chi connectivity index (χ0n) is 26.2. The summed E-state index contributed by atoms with van der Waals surface area (Å²) in [5, 5.41) is 17.6. The SMILES string of the molecule is CC(=O)O.NC(N)=NCCC[C@H](NC(=O)OCc1ccccc1)C(=O)N[C@@H](CCCN=C(N)N)C(=O)Nc1ccc2ccccc2c1. The molecule has 12 N–H and O–H groups in total. The van der Waals surface area contributed by atoms with Gasteiger partial charge in [-0.1, -0.05) is 60.7 Å². The van der Waals surface area contributed by atoms with Crippen molar-refractivity contribution in [2.24, 2.45) is 32.9 Å². The number of benzene rings is 3. The molecule has 0 radical (unpaired) electrons. The number of aliphatic imine (C=N–C) groups is 2. The van der Waals surface area contributed by atoms with Crippen LogP contribution in [0.1, 0.15) is 38.2 Å². The number of alkyl carbamates (subject to hydrolysis) is 1. The van der Waals surface area contributed by atoms with Gasteiger partial charge in [0.1, 0.15) is 18.7 Å². The molecule has 0 aliphatic carbocycles. The van der Waals surface area contributed by atoms with Crippen LogP contribution in [0.4, 0.5) is 10.5 Å². The maximum absolute atomic E-state index is 13.4. The van der Waals surface area contributed by atoms with Crippen LogP contribution in [0.3, 0.4) is 0 Å². The van der Waals surface area contributed by atoms with Crippen molar-refractivity contribution in [3.63, 3.8) is 0 Å². The van der Waals surface area contributed by atoms with Crippen LogP contribution < -0.4 is 38.9 Å². The minimum atomic E-state index is -1.02. The number of hydrogen-bond donors (Lipinski definition) is 8. The summed E-state index contributed by atoms with van der Waals surface area (Å²) >= 11 is 0. The van der Waals surface area contributed by atoms with Gasteiger partial charge in [0.2, 0.25) is 11.8 Å². The monoisotopic (exact) mass is 649 g/mol. The van der Waals surface area contributed by atoms with E-state index in [4.69, 9.17) is 37.6 Å². The third-order valence-electron chi connectivity index (χ3n) is 6.36. The molecule has 3 rings (SSSR count). The summed E-state index contributed by atoms with van der Waals surface area (Å²) in [7, 11) is 0. The average molecular weight is 650 g/mol. The molecule has 0 fully saturated rings. The maximum Gasteiger partial charge on any atom is 0.408 e. The molecule has 0 unspecified atom stereocenters. The highest BCUT2D eigenvalue weighted by molar-refractivity contribution is 5.99. The van der Waals surface area contributed by atoms with E-state index in [1.807, 2.05) is 66.7 Å². The molecular formula is C32H43N9O6. The van der Waals surface area contributed by atoms with Crippen LogP contribution in [0, 0.1) is 0 Å². The number of guanidine groups is 2. The predicted molar refractivity (Wildman–Crippen MR) is 181 cm³/mol. The molecule has 0 bridgehead atoms. The van der Waals surface area contributed by atoms with Crippen LogP contribution >= 0.6 is 0 Å². The molecule has 0 aliphatic rings. The van der Waals surface area contributed by atoms with Crippen molar-refractivity contribution in [3.8, 4) is 0 Å². The van der Waals surface area contributed by atoms with Gasteiger partial charge >= 0.3 is 6.09 Å². The summed E-state index contributed by atoms with van der Waals surface area (Å²) in [5.74, 6) is -1.98. The second-order valence-corrected chi connectivity index (χ2v) is 10.3. The first-order valence-corrected chi connectivity index (χ1v) is 14.8. The third-order valence-corrected chi connectivity index (χ3v) is 6.36. The van der Waals surface area contributed by atoms with Crippen LogP contribution in [0.25, 0.3) is 10.8 Å². The normalized spacial score (nSPS) is 11.4. The van der Waals surface area contributed by atoms with E-state index in [0.717, 1.165) is 23.3 Å². The number of amides is 3. The van der Waals surface area contributed by atoms with E-state index in [0.29, 0.717) is 18.5 Å². The van der Waals surface area contributed by atoms with Crippen LogP contribution in [0.2, 0.25) is 0 Å². The van der Waals surface area contributed by atoms with Crippen molar-refractivity contribution >= 4 is 52.3 Å². The number of nitrogens with one attached hydrogen (secondary N) is 3. The Kier molecular flexibility index (Phi) is 16.1. The van der Waals surface area contributed by atoms with Gasteiger partial charge in [-0.2, -0.15) is 0 Å². The Bertz CT molecular complexity index is 1520. The van der Waals surface area contributed by atoms with E-state index in [1.165, 1.54) is 0 Å². The molecule has 3 aromatic carbocycles. The van der Waals surface area contributed by atoms with Crippen LogP contribution in [0.5, 0.6) is 0 Å². The highest BCUT2D eigenvalue weighted by atomic mass is 16.5. The molecule has 15 nitrogen and oxygen atoms in total. The van der Waals surface area contributed by atoms with Crippen LogP contribution in [0.15, 0.2) is 82.8 Å². The van der Waals surface area contributed by atoms with E-state index < -0.39 is 36.0 Å². The minimum absolute atomic E-state index is 0.0244. The first kappa shape index (κ1) is 37.3. The lowest BCUT2D eigenvalue weighted by molar-refractivity contribution is -0.134. The van der Waals surface area contributed by atoms with Crippen molar-refractivity contribution in [1.82, 2.24) is 10.6 Å². The number of carboxylic acids is 1. The molecule has 47 heavy (non-hydrogen) atoms. The number of fused-ring (bicyclic) bond motifs is 1. The van der Waals surface area contributed by atoms with E-state index >= 15 is 0 Å². The molecule has 0 aromatic heterocycles. The predicted octanol–water partition coefficient (Wildman–Crippen LogP) is 1.76. The van der Waals surface area contributed by atoms with E-state index in [-0.39, 0.29) is 44.5 Å². The van der Waals surface area contributed by atoms with Gasteiger partial charge in [0.05, 0.1) is 0 Å². The van der Waals surface area contributed by atoms with Crippen LogP contribution in [-0.4, -0.2) is 66.1 Å². The largest absolute Gasteiger partial charge is 0.481 e. The highest BCUT2D eigenvalue weighted by Crippen LogP contribution is 2.19. The topological polar surface area (TPSA) is 263 Å². The highest BCUT2D eigenvalue weighted by Gasteiger charge is 2.27. The first-order chi connectivity index (χ1) is 22.4. The lowest BCUT2D eigenvalue weighted by Crippen LogP contribution is -2.52. The number of rotatable bonds is 15. The molecular weight excluding hydrogens is 606 g/mol. The zero-order chi connectivity index (χ0) is 34.6. The summed E-state index contributed by atoms with van der Waals surface area (Å²) < 4.78 is 5.31. The van der Waals surface area contributed by atoms with Crippen molar-refractivity contribution in [3.05, 3.63) is 78.4 Å². The molecule has 15 heteroatoms. The number of carbonyl (C=O) groups is 4. The second kappa shape index (κ2) is 20.2. The van der Waals surface area contributed by atoms with E-state index in [2.05, 4.69) is 25.9 Å². The Hall–Kier alpha value is -5.86. The van der Waals surface area contributed by atoms with Crippen molar-refractivity contribution in [2.45, 2.75) is 51.3 Å². The average Bonchev–Trinajstić information content (AvgIpc) is 3.02. The summed E-state index contributed by atoms with van der Waals surface area (Å²) in [6.45, 7) is 1.62. The number of ether oxygens (including phenoxy) is 1. The Morgan fingerprint density at radius 1 is 0.745 bits per heavy atom. The quantitative estimate of drug-likeness (QED) is 0.0671. The van der Waals surface area contributed by atoms with Crippen molar-refractivity contribution < 1.29 is 29.0 Å². The zero-order valence-corrected chi connectivity index (χ0v) is 26.2. The van der Waals surface area contributed by atoms with Gasteiger partial charge in [-0.25, -0.2) is 4.79 Å².